The number of rotatable bonds is 58. The third kappa shape index (κ3) is 66.6. The normalized spacial score (nSPS) is 14.2. The van der Waals surface area contributed by atoms with Crippen LogP contribution in [0.2, 0.25) is 0 Å². The second kappa shape index (κ2) is 62.2. The fourth-order valence-corrected chi connectivity index (χ4v) is 9.01. The highest BCUT2D eigenvalue weighted by atomic mass is 31.2. The van der Waals surface area contributed by atoms with Crippen LogP contribution in [0.15, 0.2) is 158 Å². The highest BCUT2D eigenvalue weighted by Crippen LogP contribution is 2.38. The van der Waals surface area contributed by atoms with Crippen LogP contribution in [0.4, 0.5) is 0 Å². The van der Waals surface area contributed by atoms with Gasteiger partial charge in [-0.05, 0) is 128 Å². The van der Waals surface area contributed by atoms with Gasteiger partial charge in [0.15, 0.2) is 6.10 Å². The number of unbranched alkanes of at least 4 members (excludes halogenated alkanes) is 18. The van der Waals surface area contributed by atoms with Crippen LogP contribution in [-0.2, 0) is 32.7 Å². The zero-order valence-corrected chi connectivity index (χ0v) is 54.2. The number of likely N-dealkylation sites (N-methyl/N-ethyl adjacent to an activating group) is 1. The Labute approximate surface area is 509 Å². The summed E-state index contributed by atoms with van der Waals surface area (Å²) in [4.78, 5) is 37.9. The second-order valence-electron chi connectivity index (χ2n) is 22.4. The molecule has 0 saturated carbocycles. The summed E-state index contributed by atoms with van der Waals surface area (Å²) in [7, 11) is 1.13. The summed E-state index contributed by atoms with van der Waals surface area (Å²) in [5.41, 5.74) is 0. The minimum Gasteiger partial charge on any atom is -0.756 e. The molecule has 0 aliphatic heterocycles. The average Bonchev–Trinajstić information content (AvgIpc) is 3.48. The monoisotopic (exact) mass is 1170 g/mol. The van der Waals surface area contributed by atoms with Crippen molar-refractivity contribution >= 4 is 19.8 Å². The van der Waals surface area contributed by atoms with Gasteiger partial charge in [0.1, 0.15) is 19.8 Å². The van der Waals surface area contributed by atoms with E-state index in [4.69, 9.17) is 18.5 Å². The summed E-state index contributed by atoms with van der Waals surface area (Å²) >= 11 is 0. The fraction of sp³-hybridized carbons (Fsp3) is 0.616. The van der Waals surface area contributed by atoms with Gasteiger partial charge in [0.2, 0.25) is 0 Å². The molecular weight excluding hydrogens is 1050 g/mol. The van der Waals surface area contributed by atoms with Crippen molar-refractivity contribution in [3.05, 3.63) is 158 Å². The van der Waals surface area contributed by atoms with E-state index in [0.29, 0.717) is 23.9 Å². The van der Waals surface area contributed by atoms with Gasteiger partial charge in [0, 0.05) is 12.8 Å². The zero-order chi connectivity index (χ0) is 60.5. The molecule has 0 aromatic rings. The van der Waals surface area contributed by atoms with Crippen molar-refractivity contribution < 1.29 is 42.1 Å². The molecule has 9 nitrogen and oxygen atoms in total. The SMILES string of the molecule is CC/C=C\C/C=C\C/C=C\C/C=C\C/C=C\C/C=C\C/C=C\C/C=C\C/C=C\C/C=C\C/C=C\CCCCCCCCCC(=O)OC(COC(=O)CCCCCCCCC/C=C\C/C=C\CCCCCC)COP(=O)([O-])OCC[N+](C)(C)C. The lowest BCUT2D eigenvalue weighted by molar-refractivity contribution is -0.870. The molecule has 83 heavy (non-hydrogen) atoms. The molecular formula is C73H120NO8P. The molecule has 470 valence electrons. The molecule has 0 heterocycles. The first-order chi connectivity index (χ1) is 40.5. The van der Waals surface area contributed by atoms with E-state index in [1.807, 2.05) is 21.1 Å². The minimum absolute atomic E-state index is 0.0424. The predicted octanol–water partition coefficient (Wildman–Crippen LogP) is 20.6. The number of quaternary nitrogens is 1. The van der Waals surface area contributed by atoms with Crippen LogP contribution in [0.5, 0.6) is 0 Å². The first kappa shape index (κ1) is 78.6. The first-order valence-electron chi connectivity index (χ1n) is 32.7. The Morgan fingerprint density at radius 3 is 1.02 bits per heavy atom. The fourth-order valence-electron chi connectivity index (χ4n) is 8.28. The molecule has 0 radical (unpaired) electrons. The topological polar surface area (TPSA) is 111 Å². The number of ether oxygens (including phenoxy) is 2. The van der Waals surface area contributed by atoms with Crippen molar-refractivity contribution in [2.75, 3.05) is 47.5 Å². The van der Waals surface area contributed by atoms with Gasteiger partial charge in [-0.3, -0.25) is 14.2 Å². The van der Waals surface area contributed by atoms with Gasteiger partial charge in [-0.15, -0.1) is 0 Å². The molecule has 0 N–H and O–H groups in total. The van der Waals surface area contributed by atoms with Crippen LogP contribution in [-0.4, -0.2) is 70.0 Å². The Morgan fingerprint density at radius 2 is 0.687 bits per heavy atom. The van der Waals surface area contributed by atoms with E-state index in [2.05, 4.69) is 172 Å². The van der Waals surface area contributed by atoms with E-state index in [0.717, 1.165) is 135 Å². The van der Waals surface area contributed by atoms with Crippen LogP contribution in [0, 0.1) is 0 Å². The standard InChI is InChI=1S/C73H120NO8P/c1-6-8-10-12-14-16-18-20-22-24-26-27-28-29-30-31-32-33-34-35-36-37-38-39-40-41-42-43-44-45-46-47-48-50-52-54-56-58-60-62-64-66-73(76)82-71(70-81-83(77,78)80-68-67-74(3,4)5)69-79-72(75)65-63-61-59-57-55-53-51-49-25-23-21-19-17-15-13-11-9-7-2/h8,10,14,16-17,19-20,22-23,25-27,29-30,32-33,35-36,38-39,41-42,44-45,47-48,71H,6-7,9,11-13,15,18,21,24,28,31,34,37,40,43,46,49-70H2,1-5H3/b10-8-,16-14-,19-17-,22-20-,25-23-,27-26-,30-29-,33-32-,36-35-,39-38-,42-41-,45-44-,48-47-. The Kier molecular flexibility index (Phi) is 58.9. The largest absolute Gasteiger partial charge is 0.756 e. The summed E-state index contributed by atoms with van der Waals surface area (Å²) in [5.74, 6) is -0.864. The maximum absolute atomic E-state index is 12.8. The van der Waals surface area contributed by atoms with Crippen molar-refractivity contribution in [3.63, 3.8) is 0 Å². The maximum Gasteiger partial charge on any atom is 0.306 e. The van der Waals surface area contributed by atoms with Gasteiger partial charge in [-0.2, -0.15) is 0 Å². The van der Waals surface area contributed by atoms with E-state index >= 15 is 0 Å². The summed E-state index contributed by atoms with van der Waals surface area (Å²) in [5, 5.41) is 0. The number of allylic oxidation sites excluding steroid dienone is 26. The summed E-state index contributed by atoms with van der Waals surface area (Å²) < 4.78 is 34.2. The number of carbonyl (C=O) groups excluding carboxylic acids is 2. The molecule has 0 rings (SSSR count). The summed E-state index contributed by atoms with van der Waals surface area (Å²) in [6.07, 6.45) is 93.0. The van der Waals surface area contributed by atoms with Crippen molar-refractivity contribution in [2.45, 2.75) is 245 Å². The number of carbonyl (C=O) groups is 2. The lowest BCUT2D eigenvalue weighted by atomic mass is 10.1. The van der Waals surface area contributed by atoms with Crippen LogP contribution in [0.25, 0.3) is 0 Å². The highest BCUT2D eigenvalue weighted by Gasteiger charge is 2.22. The Balaban J connectivity index is 4.15. The molecule has 0 spiro atoms. The summed E-state index contributed by atoms with van der Waals surface area (Å²) in [6.45, 7) is 4.07. The number of hydrogen-bond acceptors (Lipinski definition) is 8. The molecule has 2 atom stereocenters. The maximum atomic E-state index is 12.8. The van der Waals surface area contributed by atoms with E-state index in [1.54, 1.807) is 0 Å². The molecule has 0 saturated heterocycles. The van der Waals surface area contributed by atoms with Crippen LogP contribution >= 0.6 is 7.82 Å². The first-order valence-corrected chi connectivity index (χ1v) is 34.2. The number of phosphoric ester groups is 1. The van der Waals surface area contributed by atoms with Crippen molar-refractivity contribution in [2.24, 2.45) is 0 Å². The van der Waals surface area contributed by atoms with Crippen LogP contribution in [0.3, 0.4) is 0 Å². The Morgan fingerprint density at radius 1 is 0.386 bits per heavy atom. The van der Waals surface area contributed by atoms with E-state index in [1.165, 1.54) is 64.2 Å². The average molecular weight is 1170 g/mol. The number of hydrogen-bond donors (Lipinski definition) is 0. The van der Waals surface area contributed by atoms with Gasteiger partial charge in [-0.25, -0.2) is 0 Å². The molecule has 0 fully saturated rings. The zero-order valence-electron chi connectivity index (χ0n) is 53.3. The molecule has 10 heteroatoms. The Hall–Kier alpha value is -4.37. The molecule has 0 amide bonds. The molecule has 2 unspecified atom stereocenters. The number of esters is 2. The summed E-state index contributed by atoms with van der Waals surface area (Å²) in [6, 6.07) is 0. The highest BCUT2D eigenvalue weighted by molar-refractivity contribution is 7.45. The molecule has 0 aliphatic carbocycles. The van der Waals surface area contributed by atoms with Gasteiger partial charge >= 0.3 is 11.9 Å². The van der Waals surface area contributed by atoms with E-state index < -0.39 is 32.5 Å². The third-order valence-corrected chi connectivity index (χ3v) is 14.2. The second-order valence-corrected chi connectivity index (χ2v) is 23.8. The predicted molar refractivity (Wildman–Crippen MR) is 355 cm³/mol. The van der Waals surface area contributed by atoms with Gasteiger partial charge in [0.05, 0.1) is 27.7 Å². The lowest BCUT2D eigenvalue weighted by Crippen LogP contribution is -2.37. The number of nitrogens with zero attached hydrogens (tertiary/aromatic N) is 1. The van der Waals surface area contributed by atoms with Crippen molar-refractivity contribution in [3.8, 4) is 0 Å². The minimum atomic E-state index is -4.65. The Bertz CT molecular complexity index is 1960. The van der Waals surface area contributed by atoms with Gasteiger partial charge in [-0.1, -0.05) is 255 Å². The molecule has 0 aliphatic rings. The third-order valence-electron chi connectivity index (χ3n) is 13.3. The van der Waals surface area contributed by atoms with E-state index in [-0.39, 0.29) is 26.1 Å². The van der Waals surface area contributed by atoms with Crippen LogP contribution in [0.1, 0.15) is 239 Å². The molecule has 0 aromatic carbocycles. The molecule has 0 bridgehead atoms. The number of phosphoric acid groups is 1. The van der Waals surface area contributed by atoms with E-state index in [9.17, 15) is 19.0 Å². The lowest BCUT2D eigenvalue weighted by Gasteiger charge is -2.28. The smallest absolute Gasteiger partial charge is 0.306 e. The van der Waals surface area contributed by atoms with Crippen LogP contribution < -0.4 is 4.89 Å². The molecule has 0 aromatic heterocycles. The van der Waals surface area contributed by atoms with Crippen molar-refractivity contribution in [1.82, 2.24) is 0 Å². The van der Waals surface area contributed by atoms with Gasteiger partial charge < -0.3 is 27.9 Å². The quantitative estimate of drug-likeness (QED) is 0.0195. The van der Waals surface area contributed by atoms with Gasteiger partial charge in [0.25, 0.3) is 7.82 Å². The van der Waals surface area contributed by atoms with Crippen molar-refractivity contribution in [1.29, 1.82) is 0 Å².